The van der Waals surface area contributed by atoms with Gasteiger partial charge < -0.3 is 4.90 Å². The molecule has 1 aromatic carbocycles. The highest BCUT2D eigenvalue weighted by atomic mass is 16.6. The number of aromatic nitrogens is 2. The summed E-state index contributed by atoms with van der Waals surface area (Å²) in [5, 5.41) is 11.0. The van der Waals surface area contributed by atoms with Gasteiger partial charge in [-0.2, -0.15) is 0 Å². The Morgan fingerprint density at radius 3 is 2.72 bits per heavy atom. The molecule has 0 fully saturated rings. The highest BCUT2D eigenvalue weighted by Crippen LogP contribution is 2.37. The number of rotatable bonds is 2. The van der Waals surface area contributed by atoms with E-state index in [1.54, 1.807) is 24.5 Å². The lowest BCUT2D eigenvalue weighted by molar-refractivity contribution is -0.385. The molecule has 2 heterocycles. The van der Waals surface area contributed by atoms with Crippen LogP contribution in [0.2, 0.25) is 0 Å². The van der Waals surface area contributed by atoms with Crippen LogP contribution < -0.4 is 4.90 Å². The minimum Gasteiger partial charge on any atom is -0.310 e. The third-order valence-electron chi connectivity index (χ3n) is 2.99. The maximum Gasteiger partial charge on any atom is 0.274 e. The third kappa shape index (κ3) is 1.58. The summed E-state index contributed by atoms with van der Waals surface area (Å²) in [6.07, 6.45) is 3.97. The average molecular weight is 242 g/mol. The van der Waals surface area contributed by atoms with Crippen molar-refractivity contribution in [3.63, 3.8) is 0 Å². The van der Waals surface area contributed by atoms with Crippen LogP contribution in [0.4, 0.5) is 17.3 Å². The van der Waals surface area contributed by atoms with Gasteiger partial charge in [0.2, 0.25) is 5.95 Å². The zero-order valence-corrected chi connectivity index (χ0v) is 9.48. The molecule has 6 nitrogen and oxygen atoms in total. The van der Waals surface area contributed by atoms with Crippen LogP contribution in [0.15, 0.2) is 36.7 Å². The second kappa shape index (κ2) is 4.06. The van der Waals surface area contributed by atoms with E-state index in [2.05, 4.69) is 9.97 Å². The maximum atomic E-state index is 11.0. The molecule has 1 aromatic heterocycles. The fourth-order valence-electron chi connectivity index (χ4n) is 2.23. The first kappa shape index (κ1) is 10.6. The quantitative estimate of drug-likeness (QED) is 0.595. The Morgan fingerprint density at radius 2 is 2.00 bits per heavy atom. The van der Waals surface area contributed by atoms with E-state index in [0.717, 1.165) is 11.3 Å². The molecule has 3 rings (SSSR count). The smallest absolute Gasteiger partial charge is 0.274 e. The molecular weight excluding hydrogens is 232 g/mol. The van der Waals surface area contributed by atoms with E-state index in [1.165, 1.54) is 6.07 Å². The number of anilines is 2. The number of fused-ring (bicyclic) bond motifs is 1. The molecule has 0 bridgehead atoms. The molecule has 90 valence electrons. The highest BCUT2D eigenvalue weighted by Gasteiger charge is 2.28. The van der Waals surface area contributed by atoms with E-state index in [1.807, 2.05) is 11.0 Å². The highest BCUT2D eigenvalue weighted by molar-refractivity contribution is 5.70. The SMILES string of the molecule is O=[N+]([O-])c1cccc2c1CCN2c1ncccn1. The van der Waals surface area contributed by atoms with Crippen LogP contribution in [0.5, 0.6) is 0 Å². The molecule has 0 amide bonds. The van der Waals surface area contributed by atoms with Crippen molar-refractivity contribution >= 4 is 17.3 Å². The Labute approximate surface area is 103 Å². The largest absolute Gasteiger partial charge is 0.310 e. The van der Waals surface area contributed by atoms with Gasteiger partial charge in [0.15, 0.2) is 0 Å². The topological polar surface area (TPSA) is 72.2 Å². The first-order chi connectivity index (χ1) is 8.77. The summed E-state index contributed by atoms with van der Waals surface area (Å²) in [4.78, 5) is 20.9. The summed E-state index contributed by atoms with van der Waals surface area (Å²) in [7, 11) is 0. The summed E-state index contributed by atoms with van der Waals surface area (Å²) in [6.45, 7) is 0.671. The zero-order valence-electron chi connectivity index (χ0n) is 9.48. The van der Waals surface area contributed by atoms with Gasteiger partial charge in [-0.3, -0.25) is 10.1 Å². The van der Waals surface area contributed by atoms with E-state index >= 15 is 0 Å². The summed E-state index contributed by atoms with van der Waals surface area (Å²) < 4.78 is 0. The lowest BCUT2D eigenvalue weighted by atomic mass is 10.1. The molecule has 1 aliphatic heterocycles. The normalized spacial score (nSPS) is 13.4. The van der Waals surface area contributed by atoms with Gasteiger partial charge in [0.25, 0.3) is 5.69 Å². The zero-order chi connectivity index (χ0) is 12.5. The molecular formula is C12H10N4O2. The van der Waals surface area contributed by atoms with Crippen LogP contribution in [0, 0.1) is 10.1 Å². The van der Waals surface area contributed by atoms with E-state index in [9.17, 15) is 10.1 Å². The molecule has 0 radical (unpaired) electrons. The summed E-state index contributed by atoms with van der Waals surface area (Å²) in [5.41, 5.74) is 1.76. The summed E-state index contributed by atoms with van der Waals surface area (Å²) >= 11 is 0. The monoisotopic (exact) mass is 242 g/mol. The summed E-state index contributed by atoms with van der Waals surface area (Å²) in [6, 6.07) is 6.84. The Morgan fingerprint density at radius 1 is 1.22 bits per heavy atom. The van der Waals surface area contributed by atoms with Gasteiger partial charge >= 0.3 is 0 Å². The van der Waals surface area contributed by atoms with Crippen LogP contribution in [-0.2, 0) is 6.42 Å². The Balaban J connectivity index is 2.08. The van der Waals surface area contributed by atoms with Gasteiger partial charge in [-0.25, -0.2) is 9.97 Å². The molecule has 6 heteroatoms. The molecule has 0 saturated heterocycles. The van der Waals surface area contributed by atoms with Crippen LogP contribution in [0.25, 0.3) is 0 Å². The maximum absolute atomic E-state index is 11.0. The van der Waals surface area contributed by atoms with Gasteiger partial charge in [0, 0.05) is 25.0 Å². The molecule has 18 heavy (non-hydrogen) atoms. The molecule has 0 saturated carbocycles. The van der Waals surface area contributed by atoms with Crippen LogP contribution in [0.1, 0.15) is 5.56 Å². The standard InChI is InChI=1S/C12H10N4O2/c17-16(18)11-4-1-3-10-9(11)5-8-15(10)12-13-6-2-7-14-12/h1-4,6-7H,5,8H2. The number of nitro groups is 1. The van der Waals surface area contributed by atoms with Crippen molar-refractivity contribution in [2.24, 2.45) is 0 Å². The van der Waals surface area contributed by atoms with Crippen molar-refractivity contribution in [3.05, 3.63) is 52.3 Å². The fraction of sp³-hybridized carbons (Fsp3) is 0.167. The number of nitro benzene ring substituents is 1. The van der Waals surface area contributed by atoms with Gasteiger partial charge in [-0.15, -0.1) is 0 Å². The van der Waals surface area contributed by atoms with Crippen molar-refractivity contribution in [1.29, 1.82) is 0 Å². The van der Waals surface area contributed by atoms with Crippen molar-refractivity contribution < 1.29 is 4.92 Å². The van der Waals surface area contributed by atoms with Gasteiger partial charge in [0.1, 0.15) is 0 Å². The van der Waals surface area contributed by atoms with E-state index in [-0.39, 0.29) is 10.6 Å². The van der Waals surface area contributed by atoms with Crippen LogP contribution in [-0.4, -0.2) is 21.4 Å². The Bertz CT molecular complexity index is 600. The lowest BCUT2D eigenvalue weighted by Gasteiger charge is -2.16. The van der Waals surface area contributed by atoms with Crippen LogP contribution >= 0.6 is 0 Å². The number of benzene rings is 1. The summed E-state index contributed by atoms with van der Waals surface area (Å²) in [5.74, 6) is 0.580. The second-order valence-corrected chi connectivity index (χ2v) is 3.98. The Hall–Kier alpha value is -2.50. The van der Waals surface area contributed by atoms with Gasteiger partial charge in [-0.05, 0) is 18.6 Å². The second-order valence-electron chi connectivity index (χ2n) is 3.98. The van der Waals surface area contributed by atoms with E-state index in [4.69, 9.17) is 0 Å². The van der Waals surface area contributed by atoms with Gasteiger partial charge in [-0.1, -0.05) is 6.07 Å². The van der Waals surface area contributed by atoms with E-state index < -0.39 is 0 Å². The molecule has 0 N–H and O–H groups in total. The van der Waals surface area contributed by atoms with Crippen molar-refractivity contribution in [1.82, 2.24) is 9.97 Å². The minimum atomic E-state index is -0.339. The third-order valence-corrected chi connectivity index (χ3v) is 2.99. The van der Waals surface area contributed by atoms with Gasteiger partial charge in [0.05, 0.1) is 16.2 Å². The van der Waals surface area contributed by atoms with Crippen LogP contribution in [0.3, 0.4) is 0 Å². The van der Waals surface area contributed by atoms with E-state index in [0.29, 0.717) is 18.9 Å². The fourth-order valence-corrected chi connectivity index (χ4v) is 2.23. The molecule has 2 aromatic rings. The average Bonchev–Trinajstić information content (AvgIpc) is 2.83. The molecule has 0 unspecified atom stereocenters. The molecule has 0 aliphatic carbocycles. The Kier molecular flexibility index (Phi) is 2.40. The number of hydrogen-bond donors (Lipinski definition) is 0. The minimum absolute atomic E-state index is 0.172. The molecule has 0 atom stereocenters. The predicted octanol–water partition coefficient (Wildman–Crippen LogP) is 2.08. The first-order valence-corrected chi connectivity index (χ1v) is 5.58. The van der Waals surface area contributed by atoms with Crippen molar-refractivity contribution in [3.8, 4) is 0 Å². The van der Waals surface area contributed by atoms with Crippen molar-refractivity contribution in [2.75, 3.05) is 11.4 Å². The number of nitrogens with zero attached hydrogens (tertiary/aromatic N) is 4. The van der Waals surface area contributed by atoms with Crippen molar-refractivity contribution in [2.45, 2.75) is 6.42 Å². The lowest BCUT2D eigenvalue weighted by Crippen LogP contribution is -2.15. The number of hydrogen-bond acceptors (Lipinski definition) is 5. The molecule has 0 spiro atoms. The first-order valence-electron chi connectivity index (χ1n) is 5.58. The molecule has 1 aliphatic rings. The predicted molar refractivity (Wildman–Crippen MR) is 65.8 cm³/mol.